The van der Waals surface area contributed by atoms with E-state index < -0.39 is 10.0 Å². The van der Waals surface area contributed by atoms with Crippen LogP contribution in [0, 0.1) is 5.92 Å². The van der Waals surface area contributed by atoms with Gasteiger partial charge < -0.3 is 14.8 Å². The lowest BCUT2D eigenvalue weighted by molar-refractivity contribution is -0.126. The van der Waals surface area contributed by atoms with Crippen LogP contribution in [0.15, 0.2) is 83.8 Å². The van der Waals surface area contributed by atoms with Gasteiger partial charge in [-0.3, -0.25) is 4.79 Å². The summed E-state index contributed by atoms with van der Waals surface area (Å²) >= 11 is 0. The van der Waals surface area contributed by atoms with E-state index in [4.69, 9.17) is 9.47 Å². The number of ether oxygens (including phenoxy) is 2. The number of piperidine rings is 1. The summed E-state index contributed by atoms with van der Waals surface area (Å²) in [7, 11) is -3.69. The molecule has 1 saturated heterocycles. The van der Waals surface area contributed by atoms with Crippen molar-refractivity contribution in [2.45, 2.75) is 23.8 Å². The first kappa shape index (κ1) is 23.4. The lowest BCUT2D eigenvalue weighted by Gasteiger charge is -2.32. The number of benzene rings is 3. The van der Waals surface area contributed by atoms with E-state index in [-0.39, 0.29) is 35.9 Å². The highest BCUT2D eigenvalue weighted by molar-refractivity contribution is 7.89. The third kappa shape index (κ3) is 5.04. The molecule has 1 fully saturated rings. The summed E-state index contributed by atoms with van der Waals surface area (Å²) in [5.74, 6) is 0.687. The van der Waals surface area contributed by atoms with Crippen LogP contribution in [0.3, 0.4) is 0 Å². The van der Waals surface area contributed by atoms with Crippen molar-refractivity contribution in [1.29, 1.82) is 0 Å². The van der Waals surface area contributed by atoms with Crippen LogP contribution in [-0.4, -0.2) is 44.9 Å². The first-order valence-electron chi connectivity index (χ1n) is 11.8. The molecule has 7 nitrogen and oxygen atoms in total. The Bertz CT molecular complexity index is 1230. The summed E-state index contributed by atoms with van der Waals surface area (Å²) in [6.07, 6.45) is 0.928. The van der Waals surface area contributed by atoms with Gasteiger partial charge in [-0.25, -0.2) is 8.42 Å². The molecular formula is C27H28N2O5S. The minimum absolute atomic E-state index is 0.0564. The summed E-state index contributed by atoms with van der Waals surface area (Å²) in [6.45, 7) is 1.42. The van der Waals surface area contributed by atoms with Crippen LogP contribution in [0.4, 0.5) is 0 Å². The normalized spacial score (nSPS) is 16.7. The molecule has 35 heavy (non-hydrogen) atoms. The molecule has 0 unspecified atom stereocenters. The van der Waals surface area contributed by atoms with Crippen molar-refractivity contribution in [2.75, 3.05) is 26.3 Å². The van der Waals surface area contributed by atoms with Crippen molar-refractivity contribution in [3.05, 3.63) is 90.0 Å². The molecule has 2 aliphatic heterocycles. The molecule has 3 aromatic carbocycles. The van der Waals surface area contributed by atoms with Gasteiger partial charge in [0.25, 0.3) is 0 Å². The van der Waals surface area contributed by atoms with Crippen molar-refractivity contribution in [1.82, 2.24) is 9.62 Å². The zero-order chi connectivity index (χ0) is 24.3. The van der Waals surface area contributed by atoms with Crippen molar-refractivity contribution in [2.24, 2.45) is 5.92 Å². The minimum Gasteiger partial charge on any atom is -0.486 e. The number of carbonyl (C=O) groups is 1. The average molecular weight is 493 g/mol. The maximum Gasteiger partial charge on any atom is 0.243 e. The Labute approximate surface area is 205 Å². The molecule has 0 atom stereocenters. The molecule has 0 saturated carbocycles. The number of carbonyl (C=O) groups excluding carboxylic acids is 1. The van der Waals surface area contributed by atoms with E-state index in [2.05, 4.69) is 5.32 Å². The van der Waals surface area contributed by atoms with Crippen LogP contribution in [0.2, 0.25) is 0 Å². The third-order valence-corrected chi connectivity index (χ3v) is 8.42. The zero-order valence-electron chi connectivity index (χ0n) is 19.3. The van der Waals surface area contributed by atoms with Gasteiger partial charge in [0, 0.05) is 25.1 Å². The predicted molar refractivity (Wildman–Crippen MR) is 132 cm³/mol. The Morgan fingerprint density at radius 2 is 1.40 bits per heavy atom. The Balaban J connectivity index is 1.26. The zero-order valence-corrected chi connectivity index (χ0v) is 20.1. The number of hydrogen-bond acceptors (Lipinski definition) is 5. The molecule has 1 amide bonds. The standard InChI is InChI=1S/C27H28N2O5S/c30-27(28-26(20-7-3-1-4-8-20)21-9-5-2-6-10-21)22-13-15-29(16-14-22)35(31,32)23-11-12-24-25(19-23)34-18-17-33-24/h1-12,19,22,26H,13-18H2,(H,28,30). The monoisotopic (exact) mass is 492 g/mol. The number of nitrogens with one attached hydrogen (secondary N) is 1. The first-order chi connectivity index (χ1) is 17.0. The third-order valence-electron chi connectivity index (χ3n) is 6.53. The van der Waals surface area contributed by atoms with E-state index in [1.54, 1.807) is 12.1 Å². The van der Waals surface area contributed by atoms with Crippen LogP contribution < -0.4 is 14.8 Å². The molecule has 0 radical (unpaired) electrons. The molecule has 3 aromatic rings. The van der Waals surface area contributed by atoms with Crippen molar-refractivity contribution in [3.63, 3.8) is 0 Å². The molecule has 1 N–H and O–H groups in total. The van der Waals surface area contributed by atoms with E-state index in [1.807, 2.05) is 60.7 Å². The van der Waals surface area contributed by atoms with E-state index in [1.165, 1.54) is 10.4 Å². The lowest BCUT2D eigenvalue weighted by atomic mass is 9.94. The minimum atomic E-state index is -3.69. The summed E-state index contributed by atoms with van der Waals surface area (Å²) < 4.78 is 38.9. The number of fused-ring (bicyclic) bond motifs is 1. The largest absolute Gasteiger partial charge is 0.486 e. The average Bonchev–Trinajstić information content (AvgIpc) is 2.92. The Kier molecular flexibility index (Phi) is 6.74. The molecule has 182 valence electrons. The van der Waals surface area contributed by atoms with Crippen molar-refractivity contribution >= 4 is 15.9 Å². The van der Waals surface area contributed by atoms with Crippen LogP contribution >= 0.6 is 0 Å². The number of nitrogens with zero attached hydrogens (tertiary/aromatic N) is 1. The lowest BCUT2D eigenvalue weighted by Crippen LogP contribution is -2.43. The van der Waals surface area contributed by atoms with E-state index >= 15 is 0 Å². The number of hydrogen-bond donors (Lipinski definition) is 1. The van der Waals surface area contributed by atoms with Gasteiger partial charge in [0.1, 0.15) is 13.2 Å². The van der Waals surface area contributed by atoms with E-state index in [0.29, 0.717) is 37.6 Å². The summed E-state index contributed by atoms with van der Waals surface area (Å²) in [5, 5.41) is 3.20. The van der Waals surface area contributed by atoms with Gasteiger partial charge in [-0.2, -0.15) is 4.31 Å². The van der Waals surface area contributed by atoms with E-state index in [0.717, 1.165) is 11.1 Å². The molecule has 5 rings (SSSR count). The predicted octanol–water partition coefficient (Wildman–Crippen LogP) is 3.76. The van der Waals surface area contributed by atoms with Crippen molar-refractivity contribution < 1.29 is 22.7 Å². The topological polar surface area (TPSA) is 84.9 Å². The molecule has 2 aliphatic rings. The molecule has 0 spiro atoms. The molecule has 8 heteroatoms. The quantitative estimate of drug-likeness (QED) is 0.566. The van der Waals surface area contributed by atoms with Gasteiger partial charge in [0.15, 0.2) is 11.5 Å². The summed E-state index contributed by atoms with van der Waals surface area (Å²) in [5.41, 5.74) is 2.01. The fourth-order valence-electron chi connectivity index (χ4n) is 4.60. The van der Waals surface area contributed by atoms with Crippen LogP contribution in [0.25, 0.3) is 0 Å². The van der Waals surface area contributed by atoms with Crippen molar-refractivity contribution in [3.8, 4) is 11.5 Å². The highest BCUT2D eigenvalue weighted by Gasteiger charge is 2.33. The molecule has 0 bridgehead atoms. The first-order valence-corrected chi connectivity index (χ1v) is 13.3. The molecule has 0 aromatic heterocycles. The van der Waals surface area contributed by atoms with Gasteiger partial charge in [-0.05, 0) is 36.1 Å². The molecular weight excluding hydrogens is 464 g/mol. The van der Waals surface area contributed by atoms with E-state index in [9.17, 15) is 13.2 Å². The molecule has 0 aliphatic carbocycles. The second kappa shape index (κ2) is 10.1. The van der Waals surface area contributed by atoms with Crippen LogP contribution in [0.5, 0.6) is 11.5 Å². The fourth-order valence-corrected chi connectivity index (χ4v) is 6.09. The second-order valence-corrected chi connectivity index (χ2v) is 10.7. The Morgan fingerprint density at radius 3 is 2.00 bits per heavy atom. The number of amides is 1. The molecule has 2 heterocycles. The smallest absolute Gasteiger partial charge is 0.243 e. The maximum absolute atomic E-state index is 13.2. The maximum atomic E-state index is 13.2. The fraction of sp³-hybridized carbons (Fsp3) is 0.296. The second-order valence-electron chi connectivity index (χ2n) is 8.75. The van der Waals surface area contributed by atoms with Crippen LogP contribution in [-0.2, 0) is 14.8 Å². The summed E-state index contributed by atoms with van der Waals surface area (Å²) in [4.78, 5) is 13.4. The van der Waals surface area contributed by atoms with Gasteiger partial charge >= 0.3 is 0 Å². The summed E-state index contributed by atoms with van der Waals surface area (Å²) in [6, 6.07) is 24.2. The van der Waals surface area contributed by atoms with Gasteiger partial charge in [0.05, 0.1) is 10.9 Å². The SMILES string of the molecule is O=C(NC(c1ccccc1)c1ccccc1)C1CCN(S(=O)(=O)c2ccc3c(c2)OCCO3)CC1. The highest BCUT2D eigenvalue weighted by atomic mass is 32.2. The number of sulfonamides is 1. The highest BCUT2D eigenvalue weighted by Crippen LogP contribution is 2.34. The Morgan fingerprint density at radius 1 is 0.829 bits per heavy atom. The Hall–Kier alpha value is -3.36. The van der Waals surface area contributed by atoms with Gasteiger partial charge in [0.2, 0.25) is 15.9 Å². The van der Waals surface area contributed by atoms with Crippen LogP contribution in [0.1, 0.15) is 30.0 Å². The number of rotatable bonds is 6. The van der Waals surface area contributed by atoms with Gasteiger partial charge in [-0.15, -0.1) is 0 Å². The van der Waals surface area contributed by atoms with Gasteiger partial charge in [-0.1, -0.05) is 60.7 Å².